The third-order valence-electron chi connectivity index (χ3n) is 4.82. The number of amides is 3. The van der Waals surface area contributed by atoms with Gasteiger partial charge in [0.15, 0.2) is 0 Å². The van der Waals surface area contributed by atoms with E-state index in [0.717, 1.165) is 10.5 Å². The van der Waals surface area contributed by atoms with Crippen LogP contribution in [0.3, 0.4) is 0 Å². The zero-order chi connectivity index (χ0) is 20.4. The molecule has 0 aromatic heterocycles. The maximum atomic E-state index is 13.2. The molecule has 29 heavy (non-hydrogen) atoms. The average molecular weight is 388 g/mol. The van der Waals surface area contributed by atoms with Gasteiger partial charge in [-0.05, 0) is 42.0 Å². The Morgan fingerprint density at radius 3 is 1.97 bits per heavy atom. The predicted molar refractivity (Wildman–Crippen MR) is 106 cm³/mol. The van der Waals surface area contributed by atoms with Gasteiger partial charge in [-0.2, -0.15) is 0 Å². The Balaban J connectivity index is 1.67. The van der Waals surface area contributed by atoms with Crippen molar-refractivity contribution in [1.29, 1.82) is 0 Å². The van der Waals surface area contributed by atoms with Gasteiger partial charge < -0.3 is 5.32 Å². The van der Waals surface area contributed by atoms with Crippen LogP contribution in [0.4, 0.5) is 10.1 Å². The molecular formula is C23H17FN2O3. The minimum absolute atomic E-state index is 0.166. The molecule has 1 heterocycles. The molecule has 0 aliphatic carbocycles. The van der Waals surface area contributed by atoms with Gasteiger partial charge in [0.1, 0.15) is 11.9 Å². The van der Waals surface area contributed by atoms with Crippen molar-refractivity contribution >= 4 is 23.4 Å². The molecule has 0 spiro atoms. The number of fused-ring (bicyclic) bond motifs is 1. The highest BCUT2D eigenvalue weighted by Gasteiger charge is 2.42. The van der Waals surface area contributed by atoms with Gasteiger partial charge in [0.05, 0.1) is 11.1 Å². The highest BCUT2D eigenvalue weighted by atomic mass is 19.1. The molecule has 0 saturated heterocycles. The lowest BCUT2D eigenvalue weighted by Crippen LogP contribution is -2.48. The van der Waals surface area contributed by atoms with E-state index in [2.05, 4.69) is 5.32 Å². The van der Waals surface area contributed by atoms with Crippen LogP contribution in [-0.2, 0) is 11.2 Å². The smallest absolute Gasteiger partial charge is 0.262 e. The van der Waals surface area contributed by atoms with E-state index in [1.807, 2.05) is 30.3 Å². The Labute approximate surface area is 166 Å². The second-order valence-electron chi connectivity index (χ2n) is 6.73. The molecule has 6 heteroatoms. The molecule has 1 atom stereocenters. The summed E-state index contributed by atoms with van der Waals surface area (Å²) in [6, 6.07) is 19.9. The quantitative estimate of drug-likeness (QED) is 0.678. The van der Waals surface area contributed by atoms with E-state index < -0.39 is 29.6 Å². The van der Waals surface area contributed by atoms with Crippen LogP contribution in [0.15, 0.2) is 78.9 Å². The maximum absolute atomic E-state index is 13.2. The zero-order valence-corrected chi connectivity index (χ0v) is 15.3. The standard InChI is InChI=1S/C23H17FN2O3/c24-16-10-12-17(13-11-16)25-21(27)20(14-15-6-2-1-3-7-15)26-22(28)18-8-4-5-9-19(18)23(26)29/h1-13,20H,14H2,(H,25,27)/t20-/m0/s1. The number of hydrogen-bond acceptors (Lipinski definition) is 3. The molecule has 1 aliphatic heterocycles. The van der Waals surface area contributed by atoms with Crippen molar-refractivity contribution in [3.63, 3.8) is 0 Å². The second kappa shape index (κ2) is 7.67. The Morgan fingerprint density at radius 2 is 1.38 bits per heavy atom. The first-order valence-electron chi connectivity index (χ1n) is 9.12. The number of benzene rings is 3. The van der Waals surface area contributed by atoms with Crippen molar-refractivity contribution in [3.05, 3.63) is 101 Å². The van der Waals surface area contributed by atoms with Crippen molar-refractivity contribution < 1.29 is 18.8 Å². The number of nitrogens with one attached hydrogen (secondary N) is 1. The van der Waals surface area contributed by atoms with Crippen LogP contribution in [-0.4, -0.2) is 28.7 Å². The van der Waals surface area contributed by atoms with Crippen LogP contribution in [0.5, 0.6) is 0 Å². The molecule has 1 N–H and O–H groups in total. The summed E-state index contributed by atoms with van der Waals surface area (Å²) in [6.45, 7) is 0. The van der Waals surface area contributed by atoms with E-state index in [1.54, 1.807) is 24.3 Å². The predicted octanol–water partition coefficient (Wildman–Crippen LogP) is 3.67. The Kier molecular flexibility index (Phi) is 4.91. The Hall–Kier alpha value is -3.80. The van der Waals surface area contributed by atoms with E-state index in [0.29, 0.717) is 5.69 Å². The summed E-state index contributed by atoms with van der Waals surface area (Å²) < 4.78 is 13.2. The first kappa shape index (κ1) is 18.6. The lowest BCUT2D eigenvalue weighted by molar-refractivity contribution is -0.119. The van der Waals surface area contributed by atoms with Crippen molar-refractivity contribution in [1.82, 2.24) is 4.90 Å². The minimum Gasteiger partial charge on any atom is -0.324 e. The molecule has 0 fully saturated rings. The monoisotopic (exact) mass is 388 g/mol. The van der Waals surface area contributed by atoms with Crippen LogP contribution in [0.1, 0.15) is 26.3 Å². The van der Waals surface area contributed by atoms with Crippen molar-refractivity contribution in [3.8, 4) is 0 Å². The molecule has 3 aromatic carbocycles. The van der Waals surface area contributed by atoms with Gasteiger partial charge in [0.2, 0.25) is 5.91 Å². The molecule has 1 aliphatic rings. The van der Waals surface area contributed by atoms with E-state index in [9.17, 15) is 18.8 Å². The van der Waals surface area contributed by atoms with Crippen molar-refractivity contribution in [2.24, 2.45) is 0 Å². The van der Waals surface area contributed by atoms with Gasteiger partial charge >= 0.3 is 0 Å². The molecule has 5 nitrogen and oxygen atoms in total. The number of halogens is 1. The summed E-state index contributed by atoms with van der Waals surface area (Å²) in [4.78, 5) is 39.9. The first-order chi connectivity index (χ1) is 14.0. The zero-order valence-electron chi connectivity index (χ0n) is 15.3. The fourth-order valence-corrected chi connectivity index (χ4v) is 3.39. The number of rotatable bonds is 5. The van der Waals surface area contributed by atoms with E-state index in [4.69, 9.17) is 0 Å². The lowest BCUT2D eigenvalue weighted by atomic mass is 10.0. The third kappa shape index (κ3) is 3.65. The van der Waals surface area contributed by atoms with Gasteiger partial charge in [-0.25, -0.2) is 4.39 Å². The summed E-state index contributed by atoms with van der Waals surface area (Å²) >= 11 is 0. The molecule has 0 radical (unpaired) electrons. The first-order valence-corrected chi connectivity index (χ1v) is 9.12. The second-order valence-corrected chi connectivity index (χ2v) is 6.73. The van der Waals surface area contributed by atoms with Gasteiger partial charge in [-0.3, -0.25) is 19.3 Å². The minimum atomic E-state index is -1.05. The Morgan fingerprint density at radius 1 is 0.828 bits per heavy atom. The fourth-order valence-electron chi connectivity index (χ4n) is 3.39. The van der Waals surface area contributed by atoms with Crippen molar-refractivity contribution in [2.45, 2.75) is 12.5 Å². The highest BCUT2D eigenvalue weighted by Crippen LogP contribution is 2.26. The summed E-state index contributed by atoms with van der Waals surface area (Å²) in [6.07, 6.45) is 0.166. The van der Waals surface area contributed by atoms with Gasteiger partial charge in [0, 0.05) is 12.1 Å². The molecule has 3 aromatic rings. The maximum Gasteiger partial charge on any atom is 0.262 e. The molecule has 4 rings (SSSR count). The van der Waals surface area contributed by atoms with Crippen molar-refractivity contribution in [2.75, 3.05) is 5.32 Å². The summed E-state index contributed by atoms with van der Waals surface area (Å²) in [7, 11) is 0. The van der Waals surface area contributed by atoms with Crippen LogP contribution in [0, 0.1) is 5.82 Å². The molecule has 3 amide bonds. The molecular weight excluding hydrogens is 371 g/mol. The largest absolute Gasteiger partial charge is 0.324 e. The van der Waals surface area contributed by atoms with Gasteiger partial charge in [-0.1, -0.05) is 42.5 Å². The number of anilines is 1. The third-order valence-corrected chi connectivity index (χ3v) is 4.82. The highest BCUT2D eigenvalue weighted by molar-refractivity contribution is 6.23. The molecule has 0 unspecified atom stereocenters. The SMILES string of the molecule is O=C(Nc1ccc(F)cc1)[C@H](Cc1ccccc1)N1C(=O)c2ccccc2C1=O. The lowest BCUT2D eigenvalue weighted by Gasteiger charge is -2.25. The topological polar surface area (TPSA) is 66.5 Å². The number of carbonyl (C=O) groups is 3. The summed E-state index contributed by atoms with van der Waals surface area (Å²) in [5.41, 5.74) is 1.75. The number of hydrogen-bond donors (Lipinski definition) is 1. The molecule has 144 valence electrons. The van der Waals surface area contributed by atoms with Crippen LogP contribution in [0.25, 0.3) is 0 Å². The summed E-state index contributed by atoms with van der Waals surface area (Å²) in [5, 5.41) is 2.68. The fraction of sp³-hybridized carbons (Fsp3) is 0.0870. The van der Waals surface area contributed by atoms with E-state index in [1.165, 1.54) is 24.3 Å². The number of carbonyl (C=O) groups excluding carboxylic acids is 3. The number of imide groups is 1. The molecule has 0 bridgehead atoms. The van der Waals surface area contributed by atoms with Gasteiger partial charge in [-0.15, -0.1) is 0 Å². The van der Waals surface area contributed by atoms with Crippen LogP contribution in [0.2, 0.25) is 0 Å². The normalized spacial score (nSPS) is 13.9. The van der Waals surface area contributed by atoms with Crippen LogP contribution < -0.4 is 5.32 Å². The van der Waals surface area contributed by atoms with Gasteiger partial charge in [0.25, 0.3) is 11.8 Å². The average Bonchev–Trinajstić information content (AvgIpc) is 2.99. The van der Waals surface area contributed by atoms with E-state index >= 15 is 0 Å². The molecule has 0 saturated carbocycles. The van der Waals surface area contributed by atoms with E-state index in [-0.39, 0.29) is 17.5 Å². The van der Waals surface area contributed by atoms with Crippen LogP contribution >= 0.6 is 0 Å². The number of nitrogens with zero attached hydrogens (tertiary/aromatic N) is 1. The Bertz CT molecular complexity index is 1050. The summed E-state index contributed by atoms with van der Waals surface area (Å²) in [5.74, 6) is -1.94.